The largest absolute Gasteiger partial charge is 0.477 e. The third-order valence-corrected chi connectivity index (χ3v) is 7.45. The second kappa shape index (κ2) is 8.43. The summed E-state index contributed by atoms with van der Waals surface area (Å²) < 4.78 is 36.3. The Hall–Kier alpha value is -3.68. The number of nitrogens with one attached hydrogen (secondary N) is 1. The molecule has 37 heavy (non-hydrogen) atoms. The zero-order valence-corrected chi connectivity index (χ0v) is 20.8. The Kier molecular flexibility index (Phi) is 5.69. The molecule has 1 amide bonds. The lowest BCUT2D eigenvalue weighted by atomic mass is 9.96. The van der Waals surface area contributed by atoms with E-state index in [1.54, 1.807) is 25.7 Å². The lowest BCUT2D eigenvalue weighted by Gasteiger charge is -2.28. The molecule has 11 heteroatoms. The van der Waals surface area contributed by atoms with Crippen LogP contribution in [0.25, 0.3) is 10.9 Å². The first-order valence-electron chi connectivity index (χ1n) is 12.3. The lowest BCUT2D eigenvalue weighted by molar-refractivity contribution is 0.0477. The molecule has 2 heterocycles. The van der Waals surface area contributed by atoms with Crippen LogP contribution in [0.15, 0.2) is 17.1 Å². The van der Waals surface area contributed by atoms with Crippen molar-refractivity contribution in [3.63, 3.8) is 0 Å². The predicted octanol–water partition coefficient (Wildman–Crippen LogP) is 3.88. The molecule has 2 saturated carbocycles. The van der Waals surface area contributed by atoms with Gasteiger partial charge in [0, 0.05) is 37.2 Å². The van der Waals surface area contributed by atoms with E-state index < -0.39 is 52.2 Å². The number of carboxylic acids is 1. The maximum atomic E-state index is 15.5. The molecule has 196 valence electrons. The van der Waals surface area contributed by atoms with Gasteiger partial charge in [0.2, 0.25) is 5.43 Å². The van der Waals surface area contributed by atoms with Crippen molar-refractivity contribution in [2.45, 2.75) is 69.8 Å². The van der Waals surface area contributed by atoms with Crippen molar-refractivity contribution in [1.29, 1.82) is 5.26 Å². The number of amides is 1. The number of carbonyl (C=O) groups excluding carboxylic acids is 1. The van der Waals surface area contributed by atoms with E-state index in [0.717, 1.165) is 25.1 Å². The quantitative estimate of drug-likeness (QED) is 0.621. The van der Waals surface area contributed by atoms with Gasteiger partial charge in [-0.25, -0.2) is 18.4 Å². The number of nitrogens with zero attached hydrogens (tertiary/aromatic N) is 3. The van der Waals surface area contributed by atoms with Crippen molar-refractivity contribution < 1.29 is 28.2 Å². The van der Waals surface area contributed by atoms with Crippen LogP contribution in [0.4, 0.5) is 19.3 Å². The monoisotopic (exact) mass is 514 g/mol. The van der Waals surface area contributed by atoms with Gasteiger partial charge >= 0.3 is 12.1 Å². The van der Waals surface area contributed by atoms with Gasteiger partial charge in [0.05, 0.1) is 22.6 Å². The molecule has 3 fully saturated rings. The highest BCUT2D eigenvalue weighted by atomic mass is 19.1. The topological polar surface area (TPSA) is 125 Å². The fourth-order valence-electron chi connectivity index (χ4n) is 5.44. The highest BCUT2D eigenvalue weighted by Crippen LogP contribution is 2.48. The number of hydrogen-bond donors (Lipinski definition) is 2. The van der Waals surface area contributed by atoms with Gasteiger partial charge < -0.3 is 24.6 Å². The normalized spacial score (nSPS) is 24.0. The summed E-state index contributed by atoms with van der Waals surface area (Å²) in [5, 5.41) is 22.3. The van der Waals surface area contributed by atoms with Gasteiger partial charge in [0.25, 0.3) is 0 Å². The molecule has 2 aliphatic carbocycles. The number of aromatic carboxylic acids is 1. The van der Waals surface area contributed by atoms with Gasteiger partial charge in [0.15, 0.2) is 0 Å². The average molecular weight is 515 g/mol. The molecule has 9 nitrogen and oxygen atoms in total. The summed E-state index contributed by atoms with van der Waals surface area (Å²) in [6.07, 6.45) is 1.55. The van der Waals surface area contributed by atoms with Crippen LogP contribution < -0.4 is 15.6 Å². The number of pyridine rings is 1. The number of nitriles is 1. The average Bonchev–Trinajstić information content (AvgIpc) is 3.68. The minimum atomic E-state index is -1.51. The van der Waals surface area contributed by atoms with Crippen LogP contribution in [0.3, 0.4) is 0 Å². The van der Waals surface area contributed by atoms with Crippen LogP contribution in [0, 0.1) is 23.1 Å². The summed E-state index contributed by atoms with van der Waals surface area (Å²) in [6, 6.07) is 2.22. The van der Waals surface area contributed by atoms with Gasteiger partial charge in [-0.2, -0.15) is 5.26 Å². The Morgan fingerprint density at radius 3 is 2.54 bits per heavy atom. The molecule has 1 saturated heterocycles. The highest BCUT2D eigenvalue weighted by Gasteiger charge is 2.53. The fraction of sp³-hybridized carbons (Fsp3) is 0.538. The van der Waals surface area contributed by atoms with Crippen molar-refractivity contribution in [3.05, 3.63) is 39.4 Å². The van der Waals surface area contributed by atoms with E-state index in [2.05, 4.69) is 5.32 Å². The second-order valence-corrected chi connectivity index (χ2v) is 11.2. The van der Waals surface area contributed by atoms with Crippen LogP contribution in [0.1, 0.15) is 68.4 Å². The number of fused-ring (bicyclic) bond motifs is 1. The fourth-order valence-corrected chi connectivity index (χ4v) is 5.44. The zero-order valence-electron chi connectivity index (χ0n) is 20.8. The van der Waals surface area contributed by atoms with Gasteiger partial charge in [0.1, 0.15) is 34.8 Å². The van der Waals surface area contributed by atoms with E-state index in [1.165, 1.54) is 4.57 Å². The van der Waals surface area contributed by atoms with Crippen LogP contribution in [-0.4, -0.2) is 52.1 Å². The Morgan fingerprint density at radius 1 is 1.32 bits per heavy atom. The molecule has 2 aromatic rings. The van der Waals surface area contributed by atoms with E-state index >= 15 is 4.39 Å². The number of benzene rings is 1. The number of alkyl halides is 1. The summed E-state index contributed by atoms with van der Waals surface area (Å²) >= 11 is 0. The smallest absolute Gasteiger partial charge is 0.408 e. The van der Waals surface area contributed by atoms with Crippen molar-refractivity contribution in [2.75, 3.05) is 18.0 Å². The number of halogens is 2. The van der Waals surface area contributed by atoms with Crippen LogP contribution in [0.5, 0.6) is 0 Å². The molecule has 3 aliphatic rings. The number of ether oxygens (including phenoxy) is 1. The van der Waals surface area contributed by atoms with Gasteiger partial charge in [-0.1, -0.05) is 0 Å². The number of alkyl carbamates (subject to hydrolysis) is 1. The lowest BCUT2D eigenvalue weighted by Crippen LogP contribution is -2.45. The first kappa shape index (κ1) is 25.0. The van der Waals surface area contributed by atoms with E-state index in [4.69, 9.17) is 4.74 Å². The summed E-state index contributed by atoms with van der Waals surface area (Å²) in [5.74, 6) is -2.35. The summed E-state index contributed by atoms with van der Waals surface area (Å²) in [6.45, 7) is 6.11. The summed E-state index contributed by atoms with van der Waals surface area (Å²) in [4.78, 5) is 38.6. The molecule has 1 aromatic heterocycles. The molecule has 1 aromatic carbocycles. The molecule has 1 aliphatic heterocycles. The Bertz CT molecular complexity index is 1420. The molecule has 0 radical (unpaired) electrons. The number of rotatable bonds is 5. The third kappa shape index (κ3) is 4.38. The molecule has 2 N–H and O–H groups in total. The van der Waals surface area contributed by atoms with E-state index in [9.17, 15) is 29.1 Å². The van der Waals surface area contributed by atoms with Crippen molar-refractivity contribution in [1.82, 2.24) is 9.88 Å². The SMILES string of the molecule is CC(C)(C)OC(=O)NC1(C2CCN(c3c(F)cc4c(=O)c(C(=O)O)cn(C5CC5F)c4c3C#N)C2)CC1. The Labute approximate surface area is 211 Å². The Balaban J connectivity index is 1.52. The van der Waals surface area contributed by atoms with Gasteiger partial charge in [-0.05, 0) is 46.1 Å². The van der Waals surface area contributed by atoms with E-state index in [1.807, 2.05) is 6.07 Å². The maximum absolute atomic E-state index is 15.5. The Morgan fingerprint density at radius 2 is 2.00 bits per heavy atom. The summed E-state index contributed by atoms with van der Waals surface area (Å²) in [5.41, 5.74) is -2.73. The standard InChI is InChI=1S/C26H28F2N4O5/c1-25(2,3)37-24(36)30-26(5-6-26)13-4-7-31(11-13)21-15(10-29)20-14(8-18(21)28)22(33)16(23(34)35)12-32(20)19-9-17(19)27/h8,12-13,17,19H,4-7,9,11H2,1-3H3,(H,30,36)(H,34,35). The first-order chi connectivity index (χ1) is 17.3. The number of hydrogen-bond acceptors (Lipinski definition) is 6. The predicted molar refractivity (Wildman–Crippen MR) is 130 cm³/mol. The number of carboxylic acid groups (broad SMARTS) is 1. The molecular formula is C26H28F2N4O5. The highest BCUT2D eigenvalue weighted by molar-refractivity contribution is 5.96. The minimum absolute atomic E-state index is 0.00199. The molecule has 0 spiro atoms. The van der Waals surface area contributed by atoms with Crippen molar-refractivity contribution in [2.24, 2.45) is 5.92 Å². The molecule has 3 unspecified atom stereocenters. The zero-order chi connectivity index (χ0) is 26.9. The number of carbonyl (C=O) groups is 2. The molecular weight excluding hydrogens is 486 g/mol. The molecule has 0 bridgehead atoms. The number of aromatic nitrogens is 1. The van der Waals surface area contributed by atoms with Crippen LogP contribution in [-0.2, 0) is 4.74 Å². The van der Waals surface area contributed by atoms with Crippen LogP contribution in [0.2, 0.25) is 0 Å². The van der Waals surface area contributed by atoms with E-state index in [-0.39, 0.29) is 34.5 Å². The summed E-state index contributed by atoms with van der Waals surface area (Å²) in [7, 11) is 0. The van der Waals surface area contributed by atoms with Gasteiger partial charge in [-0.15, -0.1) is 0 Å². The second-order valence-electron chi connectivity index (χ2n) is 11.2. The first-order valence-corrected chi connectivity index (χ1v) is 12.3. The maximum Gasteiger partial charge on any atom is 0.408 e. The van der Waals surface area contributed by atoms with Crippen molar-refractivity contribution in [3.8, 4) is 6.07 Å². The molecule has 5 rings (SSSR count). The minimum Gasteiger partial charge on any atom is -0.477 e. The molecule has 3 atom stereocenters. The third-order valence-electron chi connectivity index (χ3n) is 7.45. The number of anilines is 1. The van der Waals surface area contributed by atoms with Crippen molar-refractivity contribution >= 4 is 28.7 Å². The van der Waals surface area contributed by atoms with E-state index in [0.29, 0.717) is 19.5 Å². The van der Waals surface area contributed by atoms with Gasteiger partial charge in [-0.3, -0.25) is 4.79 Å². The van der Waals surface area contributed by atoms with Crippen LogP contribution >= 0.6 is 0 Å².